The van der Waals surface area contributed by atoms with Crippen LogP contribution in [-0.4, -0.2) is 5.11 Å². The highest BCUT2D eigenvalue weighted by atomic mass is 32.1. The van der Waals surface area contributed by atoms with Crippen molar-refractivity contribution in [3.05, 3.63) is 58.3 Å². The fourth-order valence-corrected chi connectivity index (χ4v) is 2.90. The molecule has 2 aromatic rings. The first-order valence-electron chi connectivity index (χ1n) is 6.03. The van der Waals surface area contributed by atoms with Gasteiger partial charge in [-0.3, -0.25) is 0 Å². The lowest BCUT2D eigenvalue weighted by Gasteiger charge is -2.28. The zero-order chi connectivity index (χ0) is 12.1. The van der Waals surface area contributed by atoms with Crippen molar-refractivity contribution in [3.8, 4) is 0 Å². The Morgan fingerprint density at radius 3 is 2.53 bits per heavy atom. The van der Waals surface area contributed by atoms with E-state index in [1.807, 2.05) is 30.3 Å². The quantitative estimate of drug-likeness (QED) is 0.846. The maximum Gasteiger partial charge on any atom is 0.0936 e. The third-order valence-electron chi connectivity index (χ3n) is 3.05. The number of thiophene rings is 1. The summed E-state index contributed by atoms with van der Waals surface area (Å²) in [6.07, 6.45) is 2.48. The lowest BCUT2D eigenvalue weighted by molar-refractivity contribution is 0.0270. The molecular formula is C15H18OS. The van der Waals surface area contributed by atoms with Crippen molar-refractivity contribution in [3.63, 3.8) is 0 Å². The van der Waals surface area contributed by atoms with Gasteiger partial charge in [0, 0.05) is 6.42 Å². The highest BCUT2D eigenvalue weighted by Crippen LogP contribution is 2.31. The topological polar surface area (TPSA) is 20.2 Å². The molecule has 1 aromatic carbocycles. The average molecular weight is 246 g/mol. The molecule has 0 saturated carbocycles. The first-order valence-corrected chi connectivity index (χ1v) is 6.98. The fourth-order valence-electron chi connectivity index (χ4n) is 2.23. The van der Waals surface area contributed by atoms with E-state index < -0.39 is 5.60 Å². The van der Waals surface area contributed by atoms with Crippen LogP contribution in [0.5, 0.6) is 0 Å². The van der Waals surface area contributed by atoms with Crippen molar-refractivity contribution >= 4 is 11.3 Å². The summed E-state index contributed by atoms with van der Waals surface area (Å²) >= 11 is 1.68. The van der Waals surface area contributed by atoms with Crippen LogP contribution in [0.2, 0.25) is 0 Å². The van der Waals surface area contributed by atoms with Gasteiger partial charge in [0.05, 0.1) is 5.60 Å². The zero-order valence-electron chi connectivity index (χ0n) is 10.1. The van der Waals surface area contributed by atoms with Gasteiger partial charge in [-0.25, -0.2) is 0 Å². The van der Waals surface area contributed by atoms with Crippen LogP contribution in [0.4, 0.5) is 0 Å². The van der Waals surface area contributed by atoms with Gasteiger partial charge in [0.15, 0.2) is 0 Å². The van der Waals surface area contributed by atoms with Gasteiger partial charge < -0.3 is 5.11 Å². The van der Waals surface area contributed by atoms with Crippen molar-refractivity contribution in [2.45, 2.75) is 31.8 Å². The second-order valence-corrected chi connectivity index (χ2v) is 5.24. The van der Waals surface area contributed by atoms with Gasteiger partial charge in [-0.1, -0.05) is 43.7 Å². The van der Waals surface area contributed by atoms with Crippen LogP contribution in [-0.2, 0) is 12.0 Å². The van der Waals surface area contributed by atoms with Gasteiger partial charge in [0.1, 0.15) is 0 Å². The van der Waals surface area contributed by atoms with E-state index in [0.717, 1.165) is 18.4 Å². The molecule has 0 amide bonds. The summed E-state index contributed by atoms with van der Waals surface area (Å²) in [5, 5.41) is 15.0. The highest BCUT2D eigenvalue weighted by Gasteiger charge is 2.28. The Morgan fingerprint density at radius 2 is 1.94 bits per heavy atom. The summed E-state index contributed by atoms with van der Waals surface area (Å²) < 4.78 is 0. The smallest absolute Gasteiger partial charge is 0.0936 e. The third-order valence-corrected chi connectivity index (χ3v) is 3.78. The molecule has 0 aliphatic heterocycles. The lowest BCUT2D eigenvalue weighted by atomic mass is 9.84. The molecule has 1 unspecified atom stereocenters. The van der Waals surface area contributed by atoms with Crippen LogP contribution in [0.25, 0.3) is 0 Å². The van der Waals surface area contributed by atoms with Crippen molar-refractivity contribution in [2.75, 3.05) is 0 Å². The molecule has 0 saturated heterocycles. The minimum absolute atomic E-state index is 0.703. The molecule has 0 aliphatic rings. The largest absolute Gasteiger partial charge is 0.385 e. The van der Waals surface area contributed by atoms with E-state index in [1.165, 1.54) is 5.56 Å². The van der Waals surface area contributed by atoms with Crippen LogP contribution in [0, 0.1) is 0 Å². The zero-order valence-corrected chi connectivity index (χ0v) is 10.9. The molecule has 1 nitrogen and oxygen atoms in total. The summed E-state index contributed by atoms with van der Waals surface area (Å²) in [5.41, 5.74) is 1.51. The van der Waals surface area contributed by atoms with Crippen molar-refractivity contribution in [2.24, 2.45) is 0 Å². The van der Waals surface area contributed by atoms with E-state index in [-0.39, 0.29) is 0 Å². The Hall–Kier alpha value is -1.12. The Morgan fingerprint density at radius 1 is 1.18 bits per heavy atom. The summed E-state index contributed by atoms with van der Waals surface area (Å²) in [6, 6.07) is 12.1. The molecular weight excluding hydrogens is 228 g/mol. The molecule has 0 fully saturated rings. The molecule has 2 rings (SSSR count). The Bertz CT molecular complexity index is 435. The molecule has 0 aliphatic carbocycles. The van der Waals surface area contributed by atoms with Crippen molar-refractivity contribution in [1.82, 2.24) is 0 Å². The Balaban J connectivity index is 2.26. The summed E-state index contributed by atoms with van der Waals surface area (Å²) in [4.78, 5) is 0. The summed E-state index contributed by atoms with van der Waals surface area (Å²) in [6.45, 7) is 2.11. The second-order valence-electron chi connectivity index (χ2n) is 4.46. The van der Waals surface area contributed by atoms with Gasteiger partial charge in [0.2, 0.25) is 0 Å². The summed E-state index contributed by atoms with van der Waals surface area (Å²) in [5.74, 6) is 0. The molecule has 90 valence electrons. The summed E-state index contributed by atoms with van der Waals surface area (Å²) in [7, 11) is 0. The highest BCUT2D eigenvalue weighted by molar-refractivity contribution is 7.07. The average Bonchev–Trinajstić information content (AvgIpc) is 2.83. The van der Waals surface area contributed by atoms with E-state index in [2.05, 4.69) is 23.8 Å². The van der Waals surface area contributed by atoms with Gasteiger partial charge in [0.25, 0.3) is 0 Å². The lowest BCUT2D eigenvalue weighted by Crippen LogP contribution is -2.28. The fraction of sp³-hybridized carbons (Fsp3) is 0.333. The minimum Gasteiger partial charge on any atom is -0.385 e. The number of hydrogen-bond acceptors (Lipinski definition) is 2. The van der Waals surface area contributed by atoms with E-state index >= 15 is 0 Å². The van der Waals surface area contributed by atoms with Gasteiger partial charge in [-0.2, -0.15) is 11.3 Å². The minimum atomic E-state index is -0.725. The van der Waals surface area contributed by atoms with Gasteiger partial charge in [-0.15, -0.1) is 0 Å². The van der Waals surface area contributed by atoms with Crippen LogP contribution >= 0.6 is 11.3 Å². The first kappa shape index (κ1) is 12.3. The molecule has 17 heavy (non-hydrogen) atoms. The van der Waals surface area contributed by atoms with Crippen molar-refractivity contribution < 1.29 is 5.11 Å². The van der Waals surface area contributed by atoms with E-state index in [4.69, 9.17) is 0 Å². The molecule has 1 aromatic heterocycles. The second kappa shape index (κ2) is 5.48. The van der Waals surface area contributed by atoms with Crippen LogP contribution in [0.3, 0.4) is 0 Å². The van der Waals surface area contributed by atoms with E-state index in [9.17, 15) is 5.11 Å². The number of benzene rings is 1. The monoisotopic (exact) mass is 246 g/mol. The molecule has 1 heterocycles. The maximum absolute atomic E-state index is 10.9. The molecule has 0 bridgehead atoms. The maximum atomic E-state index is 10.9. The predicted molar refractivity (Wildman–Crippen MR) is 73.3 cm³/mol. The molecule has 2 heteroatoms. The molecule has 0 spiro atoms. The number of hydrogen-bond donors (Lipinski definition) is 1. The van der Waals surface area contributed by atoms with Crippen LogP contribution in [0.15, 0.2) is 47.2 Å². The first-order chi connectivity index (χ1) is 8.24. The molecule has 0 radical (unpaired) electrons. The normalized spacial score (nSPS) is 14.5. The standard InChI is InChI=1S/C15H18OS/c1-2-9-15(16,11-13-8-10-17-12-13)14-6-4-3-5-7-14/h3-8,10,12,16H,2,9,11H2,1H3. The van der Waals surface area contributed by atoms with Gasteiger partial charge in [-0.05, 0) is 34.4 Å². The van der Waals surface area contributed by atoms with Crippen LogP contribution in [0.1, 0.15) is 30.9 Å². The number of aliphatic hydroxyl groups is 1. The Labute approximate surface area is 107 Å². The van der Waals surface area contributed by atoms with Crippen molar-refractivity contribution in [1.29, 1.82) is 0 Å². The van der Waals surface area contributed by atoms with Crippen LogP contribution < -0.4 is 0 Å². The van der Waals surface area contributed by atoms with E-state index in [1.54, 1.807) is 11.3 Å². The third kappa shape index (κ3) is 2.96. The molecule has 1 atom stereocenters. The number of rotatable bonds is 5. The Kier molecular flexibility index (Phi) is 3.97. The van der Waals surface area contributed by atoms with E-state index in [0.29, 0.717) is 6.42 Å². The predicted octanol–water partition coefficient (Wildman–Crippen LogP) is 3.98. The van der Waals surface area contributed by atoms with Gasteiger partial charge >= 0.3 is 0 Å². The molecule has 1 N–H and O–H groups in total. The SMILES string of the molecule is CCCC(O)(Cc1ccsc1)c1ccccc1.